The summed E-state index contributed by atoms with van der Waals surface area (Å²) in [6, 6.07) is 9.77. The van der Waals surface area contributed by atoms with Gasteiger partial charge in [-0.2, -0.15) is 0 Å². The lowest BCUT2D eigenvalue weighted by atomic mass is 9.84. The number of carbonyl (C=O) groups excluding carboxylic acids is 2. The number of aliphatic imine (C=N–C) groups is 1. The fourth-order valence-corrected chi connectivity index (χ4v) is 3.92. The minimum absolute atomic E-state index is 0.0346. The number of benzene rings is 2. The Bertz CT molecular complexity index is 1020. The van der Waals surface area contributed by atoms with Crippen LogP contribution in [0.15, 0.2) is 47.5 Å². The van der Waals surface area contributed by atoms with E-state index in [1.807, 2.05) is 0 Å². The summed E-state index contributed by atoms with van der Waals surface area (Å²) < 4.78 is 31.8. The zero-order valence-electron chi connectivity index (χ0n) is 18.2. The van der Waals surface area contributed by atoms with Crippen molar-refractivity contribution >= 4 is 35.1 Å². The first kappa shape index (κ1) is 24.6. The van der Waals surface area contributed by atoms with Gasteiger partial charge in [0.25, 0.3) is 5.91 Å². The highest BCUT2D eigenvalue weighted by Gasteiger charge is 2.24. The molecule has 1 saturated carbocycles. The number of guanidine groups is 1. The molecule has 2 N–H and O–H groups in total. The number of carbonyl (C=O) groups is 2. The van der Waals surface area contributed by atoms with Crippen LogP contribution in [0.1, 0.15) is 49.4 Å². The number of hydrogen-bond acceptors (Lipinski definition) is 4. The molecule has 0 heterocycles. The number of anilines is 1. The molecule has 1 fully saturated rings. The summed E-state index contributed by atoms with van der Waals surface area (Å²) in [7, 11) is 0. The third-order valence-electron chi connectivity index (χ3n) is 5.39. The summed E-state index contributed by atoms with van der Waals surface area (Å²) in [5, 5.41) is 6.20. The van der Waals surface area contributed by atoms with Crippen LogP contribution in [-0.2, 0) is 9.53 Å². The van der Waals surface area contributed by atoms with E-state index in [4.69, 9.17) is 16.3 Å². The second-order valence-corrected chi connectivity index (χ2v) is 8.32. The Hall–Kier alpha value is -3.00. The van der Waals surface area contributed by atoms with Gasteiger partial charge in [-0.25, -0.2) is 13.8 Å². The molecule has 1 aliphatic rings. The minimum Gasteiger partial charge on any atom is -0.466 e. The molecule has 2 aromatic carbocycles. The highest BCUT2D eigenvalue weighted by molar-refractivity contribution is 6.31. The zero-order chi connectivity index (χ0) is 23.8. The number of hydrogen-bond donors (Lipinski definition) is 2. The van der Waals surface area contributed by atoms with Crippen LogP contribution in [0, 0.1) is 17.6 Å². The molecule has 176 valence electrons. The molecule has 0 spiro atoms. The van der Waals surface area contributed by atoms with E-state index in [0.717, 1.165) is 37.8 Å². The molecular weight excluding hydrogens is 452 g/mol. The van der Waals surface area contributed by atoms with Crippen molar-refractivity contribution in [2.45, 2.75) is 45.1 Å². The molecule has 1 aliphatic carbocycles. The van der Waals surface area contributed by atoms with Gasteiger partial charge in [0.2, 0.25) is 5.96 Å². The fraction of sp³-hybridized carbons (Fsp3) is 0.375. The number of esters is 1. The summed E-state index contributed by atoms with van der Waals surface area (Å²) >= 11 is 6.05. The van der Waals surface area contributed by atoms with Crippen molar-refractivity contribution in [3.63, 3.8) is 0 Å². The Morgan fingerprint density at radius 1 is 1.09 bits per heavy atom. The molecular formula is C24H26ClF2N3O3. The minimum atomic E-state index is -1.11. The van der Waals surface area contributed by atoms with Gasteiger partial charge < -0.3 is 10.1 Å². The van der Waals surface area contributed by atoms with Gasteiger partial charge in [-0.05, 0) is 74.9 Å². The number of ether oxygens (including phenoxy) is 1. The predicted molar refractivity (Wildman–Crippen MR) is 123 cm³/mol. The number of nitrogens with zero attached hydrogens (tertiary/aromatic N) is 1. The molecule has 0 aromatic heterocycles. The second kappa shape index (κ2) is 11.7. The van der Waals surface area contributed by atoms with Crippen LogP contribution in [0.2, 0.25) is 5.02 Å². The van der Waals surface area contributed by atoms with E-state index in [0.29, 0.717) is 23.7 Å². The molecule has 2 aromatic rings. The lowest BCUT2D eigenvalue weighted by molar-refractivity contribution is -0.144. The Morgan fingerprint density at radius 3 is 2.52 bits per heavy atom. The van der Waals surface area contributed by atoms with Crippen LogP contribution in [0.25, 0.3) is 0 Å². The molecule has 9 heteroatoms. The van der Waals surface area contributed by atoms with Crippen LogP contribution >= 0.6 is 11.6 Å². The van der Waals surface area contributed by atoms with Crippen molar-refractivity contribution in [1.29, 1.82) is 0 Å². The standard InChI is InChI=1S/C24H26ClF2N3O3/c1-2-33-22(31)12-15-6-9-18(10-7-15)28-24(29-19-5-3-4-17(25)14-19)30-23(32)16-8-11-20(26)21(27)13-16/h3-5,8,11,13-15,18H,2,6-7,9-10,12H2,1H3,(H2,28,29,30,32). The molecule has 0 aliphatic heterocycles. The number of nitrogens with one attached hydrogen (secondary N) is 2. The first-order valence-corrected chi connectivity index (χ1v) is 11.2. The Balaban J connectivity index is 1.71. The molecule has 0 atom stereocenters. The summed E-state index contributed by atoms with van der Waals surface area (Å²) in [5.74, 6) is -2.52. The summed E-state index contributed by atoms with van der Waals surface area (Å²) in [5.41, 5.74) is 0.579. The first-order chi connectivity index (χ1) is 15.8. The molecule has 0 radical (unpaired) electrons. The zero-order valence-corrected chi connectivity index (χ0v) is 19.0. The molecule has 0 unspecified atom stereocenters. The van der Waals surface area contributed by atoms with Gasteiger partial charge in [-0.15, -0.1) is 0 Å². The van der Waals surface area contributed by atoms with Crippen molar-refractivity contribution in [3.8, 4) is 0 Å². The Labute approximate surface area is 196 Å². The van der Waals surface area contributed by atoms with Crippen molar-refractivity contribution < 1.29 is 23.1 Å². The lowest BCUT2D eigenvalue weighted by Gasteiger charge is -2.26. The van der Waals surface area contributed by atoms with E-state index in [-0.39, 0.29) is 29.5 Å². The van der Waals surface area contributed by atoms with Gasteiger partial charge in [-0.1, -0.05) is 17.7 Å². The maximum atomic E-state index is 13.6. The van der Waals surface area contributed by atoms with Crippen LogP contribution in [-0.4, -0.2) is 30.5 Å². The molecule has 3 rings (SSSR count). The van der Waals surface area contributed by atoms with Crippen LogP contribution < -0.4 is 10.6 Å². The highest BCUT2D eigenvalue weighted by atomic mass is 35.5. The van der Waals surface area contributed by atoms with Gasteiger partial charge in [-0.3, -0.25) is 14.9 Å². The van der Waals surface area contributed by atoms with E-state index in [9.17, 15) is 18.4 Å². The van der Waals surface area contributed by atoms with Gasteiger partial charge in [0.1, 0.15) is 0 Å². The largest absolute Gasteiger partial charge is 0.466 e. The van der Waals surface area contributed by atoms with Crippen LogP contribution in [0.4, 0.5) is 14.5 Å². The maximum absolute atomic E-state index is 13.6. The van der Waals surface area contributed by atoms with E-state index in [1.54, 1.807) is 31.2 Å². The number of amides is 1. The first-order valence-electron chi connectivity index (χ1n) is 10.9. The summed E-state index contributed by atoms with van der Waals surface area (Å²) in [6.45, 7) is 2.15. The molecule has 1 amide bonds. The normalized spacial score (nSPS) is 18.5. The third kappa shape index (κ3) is 7.53. The molecule has 33 heavy (non-hydrogen) atoms. The fourth-order valence-electron chi connectivity index (χ4n) is 3.73. The van der Waals surface area contributed by atoms with Crippen LogP contribution in [0.5, 0.6) is 0 Å². The van der Waals surface area contributed by atoms with Crippen molar-refractivity contribution in [2.75, 3.05) is 11.9 Å². The van der Waals surface area contributed by atoms with Crippen molar-refractivity contribution in [2.24, 2.45) is 10.9 Å². The quantitative estimate of drug-likeness (QED) is 0.335. The summed E-state index contributed by atoms with van der Waals surface area (Å²) in [6.07, 6.45) is 3.51. The van der Waals surface area contributed by atoms with E-state index in [1.165, 1.54) is 6.07 Å². The molecule has 0 saturated heterocycles. The predicted octanol–water partition coefficient (Wildman–Crippen LogP) is 5.33. The lowest BCUT2D eigenvalue weighted by Crippen LogP contribution is -2.37. The van der Waals surface area contributed by atoms with E-state index < -0.39 is 17.5 Å². The van der Waals surface area contributed by atoms with Crippen molar-refractivity contribution in [3.05, 3.63) is 64.7 Å². The van der Waals surface area contributed by atoms with Gasteiger partial charge in [0.05, 0.1) is 12.6 Å². The van der Waals surface area contributed by atoms with E-state index >= 15 is 0 Å². The van der Waals surface area contributed by atoms with Gasteiger partial charge in [0.15, 0.2) is 11.6 Å². The Kier molecular flexibility index (Phi) is 8.77. The average molecular weight is 478 g/mol. The smallest absolute Gasteiger partial charge is 0.306 e. The molecule has 6 nitrogen and oxygen atoms in total. The molecule has 0 bridgehead atoms. The Morgan fingerprint density at radius 2 is 1.85 bits per heavy atom. The van der Waals surface area contributed by atoms with Gasteiger partial charge >= 0.3 is 5.97 Å². The van der Waals surface area contributed by atoms with Crippen molar-refractivity contribution in [1.82, 2.24) is 5.32 Å². The van der Waals surface area contributed by atoms with Gasteiger partial charge in [0, 0.05) is 22.7 Å². The monoisotopic (exact) mass is 477 g/mol. The third-order valence-corrected chi connectivity index (χ3v) is 5.62. The SMILES string of the molecule is CCOC(=O)CC1CCC(N=C(NC(=O)c2ccc(F)c(F)c2)Nc2cccc(Cl)c2)CC1. The average Bonchev–Trinajstić information content (AvgIpc) is 2.77. The van der Waals surface area contributed by atoms with Crippen LogP contribution in [0.3, 0.4) is 0 Å². The topological polar surface area (TPSA) is 79.8 Å². The summed E-state index contributed by atoms with van der Waals surface area (Å²) in [4.78, 5) is 29.1. The maximum Gasteiger partial charge on any atom is 0.306 e. The second-order valence-electron chi connectivity index (χ2n) is 7.88. The highest BCUT2D eigenvalue weighted by Crippen LogP contribution is 2.29. The number of rotatable bonds is 6. The van der Waals surface area contributed by atoms with E-state index in [2.05, 4.69) is 15.6 Å². The number of halogens is 3.